The Morgan fingerprint density at radius 3 is 2.81 bits per heavy atom. The summed E-state index contributed by atoms with van der Waals surface area (Å²) in [6.07, 6.45) is 3.29. The predicted octanol–water partition coefficient (Wildman–Crippen LogP) is 1.37. The lowest BCUT2D eigenvalue weighted by molar-refractivity contribution is -0.144. The number of pyridine rings is 1. The molecule has 0 spiro atoms. The third-order valence-corrected chi connectivity index (χ3v) is 2.89. The fourth-order valence-corrected chi connectivity index (χ4v) is 1.77. The van der Waals surface area contributed by atoms with E-state index in [0.29, 0.717) is 5.88 Å². The molecule has 0 bridgehead atoms. The maximum absolute atomic E-state index is 10.8. The van der Waals surface area contributed by atoms with E-state index in [1.54, 1.807) is 19.4 Å². The van der Waals surface area contributed by atoms with Gasteiger partial charge in [-0.05, 0) is 18.9 Å². The predicted molar refractivity (Wildman–Crippen MR) is 58.6 cm³/mol. The van der Waals surface area contributed by atoms with Gasteiger partial charge in [0.25, 0.3) is 0 Å². The molecule has 2 N–H and O–H groups in total. The van der Waals surface area contributed by atoms with Gasteiger partial charge in [-0.25, -0.2) is 4.98 Å². The topological polar surface area (TPSA) is 71.5 Å². The monoisotopic (exact) mass is 222 g/mol. The van der Waals surface area contributed by atoms with Crippen LogP contribution in [0.5, 0.6) is 5.88 Å². The number of carboxylic acids is 1. The van der Waals surface area contributed by atoms with Gasteiger partial charge in [0.2, 0.25) is 5.88 Å². The molecule has 1 fully saturated rings. The first-order valence-electron chi connectivity index (χ1n) is 5.20. The van der Waals surface area contributed by atoms with Crippen LogP contribution in [0.1, 0.15) is 12.8 Å². The Hall–Kier alpha value is -1.78. The van der Waals surface area contributed by atoms with Crippen molar-refractivity contribution in [1.82, 2.24) is 4.98 Å². The summed E-state index contributed by atoms with van der Waals surface area (Å²) in [6.45, 7) is 0. The normalized spacial score (nSPS) is 23.3. The molecule has 1 aliphatic rings. The molecule has 86 valence electrons. The first kappa shape index (κ1) is 10.7. The van der Waals surface area contributed by atoms with Crippen LogP contribution in [0.2, 0.25) is 0 Å². The maximum atomic E-state index is 10.8. The number of ether oxygens (including phenoxy) is 1. The van der Waals surface area contributed by atoms with Crippen molar-refractivity contribution < 1.29 is 14.6 Å². The number of anilines is 1. The average molecular weight is 222 g/mol. The van der Waals surface area contributed by atoms with Crippen molar-refractivity contribution in [2.75, 3.05) is 12.4 Å². The standard InChI is InChI=1S/C11H14N2O3/c1-16-10-5-2-7(6-12-10)13-9-4-3-8(9)11(14)15/h2,5-6,8-9,13H,3-4H2,1H3,(H,14,15). The van der Waals surface area contributed by atoms with E-state index in [9.17, 15) is 4.79 Å². The smallest absolute Gasteiger partial charge is 0.308 e. The summed E-state index contributed by atoms with van der Waals surface area (Å²) in [4.78, 5) is 14.9. The molecule has 0 saturated heterocycles. The van der Waals surface area contributed by atoms with Crippen LogP contribution in [0.3, 0.4) is 0 Å². The van der Waals surface area contributed by atoms with E-state index in [1.165, 1.54) is 0 Å². The largest absolute Gasteiger partial charge is 0.481 e. The van der Waals surface area contributed by atoms with Gasteiger partial charge in [0.1, 0.15) is 0 Å². The summed E-state index contributed by atoms with van der Waals surface area (Å²) >= 11 is 0. The van der Waals surface area contributed by atoms with E-state index in [1.807, 2.05) is 6.07 Å². The molecule has 0 amide bonds. The molecule has 0 radical (unpaired) electrons. The molecule has 5 nitrogen and oxygen atoms in total. The number of carboxylic acid groups (broad SMARTS) is 1. The molecule has 2 rings (SSSR count). The highest BCUT2D eigenvalue weighted by molar-refractivity contribution is 5.73. The van der Waals surface area contributed by atoms with E-state index in [4.69, 9.17) is 9.84 Å². The first-order valence-corrected chi connectivity index (χ1v) is 5.20. The molecule has 1 aliphatic carbocycles. The number of aromatic nitrogens is 1. The van der Waals surface area contributed by atoms with Crippen LogP contribution in [0, 0.1) is 5.92 Å². The summed E-state index contributed by atoms with van der Waals surface area (Å²) in [5, 5.41) is 12.1. The van der Waals surface area contributed by atoms with Crippen LogP contribution >= 0.6 is 0 Å². The van der Waals surface area contributed by atoms with Gasteiger partial charge < -0.3 is 15.2 Å². The van der Waals surface area contributed by atoms with Crippen LogP contribution < -0.4 is 10.1 Å². The lowest BCUT2D eigenvalue weighted by Crippen LogP contribution is -2.42. The molecule has 1 saturated carbocycles. The summed E-state index contributed by atoms with van der Waals surface area (Å²) in [5.74, 6) is -0.457. The van der Waals surface area contributed by atoms with E-state index in [0.717, 1.165) is 18.5 Å². The van der Waals surface area contributed by atoms with Crippen molar-refractivity contribution in [3.8, 4) is 5.88 Å². The number of rotatable bonds is 4. The Bertz CT molecular complexity index is 377. The van der Waals surface area contributed by atoms with Crippen molar-refractivity contribution in [2.45, 2.75) is 18.9 Å². The second-order valence-corrected chi connectivity index (χ2v) is 3.86. The Kier molecular flexibility index (Phi) is 2.94. The summed E-state index contributed by atoms with van der Waals surface area (Å²) in [6, 6.07) is 3.60. The zero-order valence-electron chi connectivity index (χ0n) is 9.01. The van der Waals surface area contributed by atoms with Gasteiger partial charge in [0.15, 0.2) is 0 Å². The Morgan fingerprint density at radius 2 is 2.38 bits per heavy atom. The van der Waals surface area contributed by atoms with Crippen LogP contribution in [-0.2, 0) is 4.79 Å². The van der Waals surface area contributed by atoms with Gasteiger partial charge in [-0.15, -0.1) is 0 Å². The highest BCUT2D eigenvalue weighted by Gasteiger charge is 2.36. The van der Waals surface area contributed by atoms with Gasteiger partial charge >= 0.3 is 5.97 Å². The van der Waals surface area contributed by atoms with E-state index >= 15 is 0 Å². The molecule has 16 heavy (non-hydrogen) atoms. The number of aliphatic carboxylic acids is 1. The first-order chi connectivity index (χ1) is 7.70. The summed E-state index contributed by atoms with van der Waals surface area (Å²) in [7, 11) is 1.56. The molecular formula is C11H14N2O3. The average Bonchev–Trinajstić information content (AvgIpc) is 2.24. The second kappa shape index (κ2) is 4.38. The third-order valence-electron chi connectivity index (χ3n) is 2.89. The number of hydrogen-bond donors (Lipinski definition) is 2. The van der Waals surface area contributed by atoms with Crippen LogP contribution in [-0.4, -0.2) is 29.2 Å². The van der Waals surface area contributed by atoms with Gasteiger partial charge in [-0.1, -0.05) is 0 Å². The Balaban J connectivity index is 1.96. The molecular weight excluding hydrogens is 208 g/mol. The molecule has 0 aliphatic heterocycles. The lowest BCUT2D eigenvalue weighted by Gasteiger charge is -2.34. The summed E-state index contributed by atoms with van der Waals surface area (Å²) in [5.41, 5.74) is 0.830. The van der Waals surface area contributed by atoms with E-state index in [2.05, 4.69) is 10.3 Å². The van der Waals surface area contributed by atoms with Gasteiger partial charge in [0.05, 0.1) is 24.9 Å². The maximum Gasteiger partial charge on any atom is 0.308 e. The minimum atomic E-state index is -0.731. The van der Waals surface area contributed by atoms with Crippen molar-refractivity contribution in [1.29, 1.82) is 0 Å². The minimum Gasteiger partial charge on any atom is -0.481 e. The van der Waals surface area contributed by atoms with E-state index in [-0.39, 0.29) is 12.0 Å². The zero-order valence-corrected chi connectivity index (χ0v) is 9.01. The van der Waals surface area contributed by atoms with Gasteiger partial charge in [0, 0.05) is 12.1 Å². The number of nitrogens with zero attached hydrogens (tertiary/aromatic N) is 1. The molecule has 2 unspecified atom stereocenters. The fraction of sp³-hybridized carbons (Fsp3) is 0.455. The van der Waals surface area contributed by atoms with Crippen molar-refractivity contribution in [3.05, 3.63) is 18.3 Å². The number of carbonyl (C=O) groups is 1. The van der Waals surface area contributed by atoms with Crippen LogP contribution in [0.25, 0.3) is 0 Å². The van der Waals surface area contributed by atoms with Crippen molar-refractivity contribution in [3.63, 3.8) is 0 Å². The highest BCUT2D eigenvalue weighted by atomic mass is 16.5. The lowest BCUT2D eigenvalue weighted by atomic mass is 9.79. The van der Waals surface area contributed by atoms with Crippen molar-refractivity contribution >= 4 is 11.7 Å². The third kappa shape index (κ3) is 2.08. The molecule has 1 aromatic heterocycles. The Labute approximate surface area is 93.5 Å². The number of methoxy groups -OCH3 is 1. The van der Waals surface area contributed by atoms with Crippen LogP contribution in [0.4, 0.5) is 5.69 Å². The Morgan fingerprint density at radius 1 is 1.56 bits per heavy atom. The molecule has 0 aromatic carbocycles. The highest BCUT2D eigenvalue weighted by Crippen LogP contribution is 2.30. The molecule has 2 atom stereocenters. The zero-order chi connectivity index (χ0) is 11.5. The van der Waals surface area contributed by atoms with Crippen molar-refractivity contribution in [2.24, 2.45) is 5.92 Å². The quantitative estimate of drug-likeness (QED) is 0.805. The number of nitrogens with one attached hydrogen (secondary N) is 1. The van der Waals surface area contributed by atoms with E-state index < -0.39 is 5.97 Å². The van der Waals surface area contributed by atoms with Crippen LogP contribution in [0.15, 0.2) is 18.3 Å². The fourth-order valence-electron chi connectivity index (χ4n) is 1.77. The molecule has 5 heteroatoms. The van der Waals surface area contributed by atoms with Gasteiger partial charge in [-0.3, -0.25) is 4.79 Å². The van der Waals surface area contributed by atoms with Gasteiger partial charge in [-0.2, -0.15) is 0 Å². The summed E-state index contributed by atoms with van der Waals surface area (Å²) < 4.78 is 4.94. The molecule has 1 aromatic rings. The number of hydrogen-bond acceptors (Lipinski definition) is 4. The minimum absolute atomic E-state index is 0.0210. The SMILES string of the molecule is COc1ccc(NC2CCC2C(=O)O)cn1. The second-order valence-electron chi connectivity index (χ2n) is 3.86. The molecule has 1 heterocycles.